The Morgan fingerprint density at radius 1 is 1.00 bits per heavy atom. The minimum absolute atomic E-state index is 0.0125. The van der Waals surface area contributed by atoms with Gasteiger partial charge in [-0.25, -0.2) is 18.4 Å². The van der Waals surface area contributed by atoms with E-state index in [4.69, 9.17) is 5.73 Å². The van der Waals surface area contributed by atoms with Crippen LogP contribution in [-0.2, 0) is 30.4 Å². The molecule has 0 saturated carbocycles. The van der Waals surface area contributed by atoms with Gasteiger partial charge in [0.1, 0.15) is 11.6 Å². The van der Waals surface area contributed by atoms with Crippen LogP contribution in [0, 0.1) is 17.0 Å². The minimum atomic E-state index is -5.41. The fourth-order valence-corrected chi connectivity index (χ4v) is 5.05. The maximum Gasteiger partial charge on any atom is 0.490 e. The first-order chi connectivity index (χ1) is 21.1. The molecule has 0 bridgehead atoms. The van der Waals surface area contributed by atoms with E-state index < -0.39 is 59.6 Å². The normalized spacial score (nSPS) is 13.2. The molecule has 244 valence electrons. The number of alkyl halides is 3. The van der Waals surface area contributed by atoms with Gasteiger partial charge >= 0.3 is 18.1 Å². The van der Waals surface area contributed by atoms with E-state index >= 15 is 0 Å². The number of esters is 2. The molecule has 2 aromatic carbocycles. The highest BCUT2D eigenvalue weighted by Crippen LogP contribution is 2.41. The molecule has 0 spiro atoms. The van der Waals surface area contributed by atoms with Gasteiger partial charge in [-0.05, 0) is 48.2 Å². The summed E-state index contributed by atoms with van der Waals surface area (Å²) in [6, 6.07) is 13.1. The summed E-state index contributed by atoms with van der Waals surface area (Å²) in [4.78, 5) is 39.2. The van der Waals surface area contributed by atoms with Crippen LogP contribution in [0.15, 0.2) is 60.8 Å². The van der Waals surface area contributed by atoms with Crippen LogP contribution in [0.2, 0.25) is 0 Å². The molecule has 0 aliphatic heterocycles. The molecule has 8 nitrogen and oxygen atoms in total. The van der Waals surface area contributed by atoms with Crippen LogP contribution < -0.4 is 5.73 Å². The van der Waals surface area contributed by atoms with E-state index in [0.29, 0.717) is 11.3 Å². The van der Waals surface area contributed by atoms with Crippen molar-refractivity contribution in [3.63, 3.8) is 0 Å². The molecule has 0 aliphatic carbocycles. The number of hydrogen-bond acceptors (Lipinski definition) is 6. The molecule has 3 aromatic rings. The third kappa shape index (κ3) is 9.13. The second-order valence-electron chi connectivity index (χ2n) is 11.5. The van der Waals surface area contributed by atoms with Crippen LogP contribution >= 0.6 is 0 Å². The standard InChI is InChI=1S/C32H36F5N3O5/c1-31(2,3)28(40(14-8-13-38)27(41)17-26(29(42)44-4)45-30(43)32(35,36)37)25-15-21(23-16-22(33)11-12-24(23)34)19-39(25)18-20-9-6-5-7-10-20/h5-7,9-12,15-16,19,26,28H,8,13-14,17-18,38H2,1-4H3/t26?,28-/m0/s1. The molecule has 0 aliphatic rings. The Labute approximate surface area is 257 Å². The fourth-order valence-electron chi connectivity index (χ4n) is 5.05. The molecule has 0 fully saturated rings. The average molecular weight is 638 g/mol. The molecule has 1 unspecified atom stereocenters. The Balaban J connectivity index is 2.17. The molecular weight excluding hydrogens is 601 g/mol. The maximum absolute atomic E-state index is 14.9. The van der Waals surface area contributed by atoms with E-state index in [1.54, 1.807) is 16.8 Å². The van der Waals surface area contributed by atoms with Gasteiger partial charge in [0, 0.05) is 36.1 Å². The smallest absolute Gasteiger partial charge is 0.466 e. The van der Waals surface area contributed by atoms with Crippen molar-refractivity contribution >= 4 is 17.8 Å². The highest BCUT2D eigenvalue weighted by Gasteiger charge is 2.45. The molecule has 1 amide bonds. The molecular formula is C32H36F5N3O5. The summed E-state index contributed by atoms with van der Waals surface area (Å²) in [7, 11) is 0.884. The summed E-state index contributed by atoms with van der Waals surface area (Å²) in [6.07, 6.45) is -6.63. The lowest BCUT2D eigenvalue weighted by Crippen LogP contribution is -2.46. The van der Waals surface area contributed by atoms with Crippen molar-refractivity contribution in [2.45, 2.75) is 58.5 Å². The Morgan fingerprint density at radius 2 is 1.67 bits per heavy atom. The Morgan fingerprint density at radius 3 is 2.24 bits per heavy atom. The number of carbonyl (C=O) groups excluding carboxylic acids is 3. The van der Waals surface area contributed by atoms with Gasteiger partial charge in [0.05, 0.1) is 19.6 Å². The third-order valence-electron chi connectivity index (χ3n) is 7.01. The molecule has 45 heavy (non-hydrogen) atoms. The first kappa shape index (κ1) is 35.2. The van der Waals surface area contributed by atoms with E-state index in [1.165, 1.54) is 4.90 Å². The van der Waals surface area contributed by atoms with Crippen molar-refractivity contribution in [1.29, 1.82) is 0 Å². The number of rotatable bonds is 12. The van der Waals surface area contributed by atoms with E-state index in [9.17, 15) is 36.3 Å². The average Bonchev–Trinajstić information content (AvgIpc) is 3.37. The molecule has 13 heteroatoms. The van der Waals surface area contributed by atoms with Crippen molar-refractivity contribution in [1.82, 2.24) is 9.47 Å². The van der Waals surface area contributed by atoms with Crippen molar-refractivity contribution in [3.8, 4) is 11.1 Å². The van der Waals surface area contributed by atoms with E-state index in [0.717, 1.165) is 30.9 Å². The zero-order valence-electron chi connectivity index (χ0n) is 25.4. The fraction of sp³-hybridized carbons (Fsp3) is 0.406. The Bertz CT molecular complexity index is 1480. The van der Waals surface area contributed by atoms with E-state index in [-0.39, 0.29) is 31.6 Å². The van der Waals surface area contributed by atoms with Crippen LogP contribution in [0.1, 0.15) is 50.9 Å². The second kappa shape index (κ2) is 14.7. The molecule has 1 heterocycles. The lowest BCUT2D eigenvalue weighted by Gasteiger charge is -2.41. The number of ether oxygens (including phenoxy) is 2. The largest absolute Gasteiger partial charge is 0.490 e. The van der Waals surface area contributed by atoms with Crippen LogP contribution in [0.5, 0.6) is 0 Å². The molecule has 1 aromatic heterocycles. The van der Waals surface area contributed by atoms with Crippen molar-refractivity contribution in [3.05, 3.63) is 83.7 Å². The molecule has 3 rings (SSSR count). The number of hydrogen-bond donors (Lipinski definition) is 1. The third-order valence-corrected chi connectivity index (χ3v) is 7.01. The van der Waals surface area contributed by atoms with Crippen LogP contribution in [-0.4, -0.2) is 59.8 Å². The Kier molecular flexibility index (Phi) is 11.5. The van der Waals surface area contributed by atoms with Gasteiger partial charge < -0.3 is 24.7 Å². The molecule has 0 radical (unpaired) electrons. The summed E-state index contributed by atoms with van der Waals surface area (Å²) < 4.78 is 78.7. The number of aromatic nitrogens is 1. The van der Waals surface area contributed by atoms with Gasteiger partial charge in [0.2, 0.25) is 12.0 Å². The molecule has 2 atom stereocenters. The monoisotopic (exact) mass is 637 g/mol. The number of amides is 1. The Hall–Kier alpha value is -4.26. The quantitative estimate of drug-likeness (QED) is 0.200. The first-order valence-electron chi connectivity index (χ1n) is 14.1. The highest BCUT2D eigenvalue weighted by atomic mass is 19.4. The van der Waals surface area contributed by atoms with Gasteiger partial charge in [-0.3, -0.25) is 4.79 Å². The number of benzene rings is 2. The topological polar surface area (TPSA) is 104 Å². The summed E-state index contributed by atoms with van der Waals surface area (Å²) in [5, 5.41) is 0. The first-order valence-corrected chi connectivity index (χ1v) is 14.1. The van der Waals surface area contributed by atoms with Crippen LogP contribution in [0.3, 0.4) is 0 Å². The number of methoxy groups -OCH3 is 1. The minimum Gasteiger partial charge on any atom is -0.466 e. The SMILES string of the molecule is COC(=O)C(CC(=O)N(CCCN)[C@@H](c1cc(-c2cc(F)ccc2F)cn1Cc1ccccc1)C(C)(C)C)OC(=O)C(F)(F)F. The zero-order valence-corrected chi connectivity index (χ0v) is 25.4. The summed E-state index contributed by atoms with van der Waals surface area (Å²) in [5.41, 5.74) is 6.67. The number of nitrogens with two attached hydrogens (primary N) is 1. The molecule has 2 N–H and O–H groups in total. The zero-order chi connectivity index (χ0) is 33.5. The van der Waals surface area contributed by atoms with Crippen molar-refractivity contribution < 1.29 is 45.8 Å². The van der Waals surface area contributed by atoms with Gasteiger partial charge in [0.25, 0.3) is 0 Å². The number of carbonyl (C=O) groups is 3. The predicted molar refractivity (Wildman–Crippen MR) is 155 cm³/mol. The van der Waals surface area contributed by atoms with Gasteiger partial charge in [-0.1, -0.05) is 51.1 Å². The predicted octanol–water partition coefficient (Wildman–Crippen LogP) is 5.78. The summed E-state index contributed by atoms with van der Waals surface area (Å²) >= 11 is 0. The van der Waals surface area contributed by atoms with Gasteiger partial charge in [-0.2, -0.15) is 13.2 Å². The summed E-state index contributed by atoms with van der Waals surface area (Å²) in [6.45, 7) is 5.90. The number of halogens is 5. The van der Waals surface area contributed by atoms with Gasteiger partial charge in [-0.15, -0.1) is 0 Å². The van der Waals surface area contributed by atoms with Crippen LogP contribution in [0.4, 0.5) is 22.0 Å². The van der Waals surface area contributed by atoms with Crippen molar-refractivity contribution in [2.24, 2.45) is 11.1 Å². The lowest BCUT2D eigenvalue weighted by atomic mass is 9.82. The van der Waals surface area contributed by atoms with Crippen molar-refractivity contribution in [2.75, 3.05) is 20.2 Å². The lowest BCUT2D eigenvalue weighted by molar-refractivity contribution is -0.208. The molecule has 0 saturated heterocycles. The summed E-state index contributed by atoms with van der Waals surface area (Å²) in [5.74, 6) is -6.14. The second-order valence-corrected chi connectivity index (χ2v) is 11.5. The van der Waals surface area contributed by atoms with Crippen LogP contribution in [0.25, 0.3) is 11.1 Å². The van der Waals surface area contributed by atoms with Gasteiger partial charge in [0.15, 0.2) is 0 Å². The number of nitrogens with zero attached hydrogens (tertiary/aromatic N) is 2. The maximum atomic E-state index is 14.9. The van der Waals surface area contributed by atoms with E-state index in [2.05, 4.69) is 9.47 Å². The highest BCUT2D eigenvalue weighted by molar-refractivity contribution is 5.87. The van der Waals surface area contributed by atoms with E-state index in [1.807, 2.05) is 51.1 Å².